The lowest BCUT2D eigenvalue weighted by atomic mass is 10.2. The van der Waals surface area contributed by atoms with E-state index < -0.39 is 5.97 Å². The van der Waals surface area contributed by atoms with Crippen LogP contribution in [0.25, 0.3) is 0 Å². The van der Waals surface area contributed by atoms with Crippen LogP contribution in [0, 0.1) is 13.8 Å². The molecule has 0 aliphatic heterocycles. The Labute approximate surface area is 129 Å². The van der Waals surface area contributed by atoms with E-state index in [1.807, 2.05) is 0 Å². The smallest absolute Gasteiger partial charge is 0.347 e. The standard InChI is InChI=1S/C16H20N2O2S/c1-4-18(13-7-5-6-11(2)10-13)9-8-14-17-12(3)15(21-14)16(19)20/h5-7,10H,4,8-9H2,1-3H3,(H,19,20). The van der Waals surface area contributed by atoms with E-state index in [9.17, 15) is 4.79 Å². The molecular weight excluding hydrogens is 284 g/mol. The molecule has 0 saturated carbocycles. The third-order valence-electron chi connectivity index (χ3n) is 3.38. The number of carboxylic acids is 1. The summed E-state index contributed by atoms with van der Waals surface area (Å²) >= 11 is 1.28. The molecule has 1 heterocycles. The maximum Gasteiger partial charge on any atom is 0.347 e. The van der Waals surface area contributed by atoms with Crippen LogP contribution in [0.2, 0.25) is 0 Å². The summed E-state index contributed by atoms with van der Waals surface area (Å²) in [5.74, 6) is -0.887. The lowest BCUT2D eigenvalue weighted by Crippen LogP contribution is -2.25. The lowest BCUT2D eigenvalue weighted by molar-refractivity contribution is 0.0701. The van der Waals surface area contributed by atoms with Gasteiger partial charge in [-0.2, -0.15) is 0 Å². The highest BCUT2D eigenvalue weighted by atomic mass is 32.1. The highest BCUT2D eigenvalue weighted by Gasteiger charge is 2.14. The monoisotopic (exact) mass is 304 g/mol. The van der Waals surface area contributed by atoms with Crippen molar-refractivity contribution in [3.05, 3.63) is 45.4 Å². The molecule has 1 aromatic carbocycles. The molecule has 0 spiro atoms. The van der Waals surface area contributed by atoms with Crippen LogP contribution in [0.1, 0.15) is 32.9 Å². The fraction of sp³-hybridized carbons (Fsp3) is 0.375. The van der Waals surface area contributed by atoms with Crippen LogP contribution in [0.3, 0.4) is 0 Å². The Morgan fingerprint density at radius 2 is 2.14 bits per heavy atom. The summed E-state index contributed by atoms with van der Waals surface area (Å²) in [6, 6.07) is 8.41. The number of rotatable bonds is 6. The Morgan fingerprint density at radius 3 is 2.71 bits per heavy atom. The summed E-state index contributed by atoms with van der Waals surface area (Å²) < 4.78 is 0. The predicted octanol–water partition coefficient (Wildman–Crippen LogP) is 3.53. The second kappa shape index (κ2) is 6.72. The van der Waals surface area contributed by atoms with Crippen molar-refractivity contribution in [3.63, 3.8) is 0 Å². The van der Waals surface area contributed by atoms with Gasteiger partial charge in [-0.25, -0.2) is 9.78 Å². The quantitative estimate of drug-likeness (QED) is 0.887. The first-order chi connectivity index (χ1) is 10.0. The van der Waals surface area contributed by atoms with E-state index >= 15 is 0 Å². The first-order valence-corrected chi connectivity index (χ1v) is 7.84. The number of aromatic carboxylic acids is 1. The van der Waals surface area contributed by atoms with Crippen LogP contribution in [-0.2, 0) is 6.42 Å². The molecule has 0 saturated heterocycles. The summed E-state index contributed by atoms with van der Waals surface area (Å²) in [4.78, 5) is 18.0. The van der Waals surface area contributed by atoms with E-state index in [0.717, 1.165) is 24.5 Å². The van der Waals surface area contributed by atoms with Crippen molar-refractivity contribution in [3.8, 4) is 0 Å². The van der Waals surface area contributed by atoms with Crippen LogP contribution in [0.15, 0.2) is 24.3 Å². The summed E-state index contributed by atoms with van der Waals surface area (Å²) in [6.45, 7) is 7.71. The molecule has 1 aromatic heterocycles. The first kappa shape index (κ1) is 15.5. The molecular formula is C16H20N2O2S. The van der Waals surface area contributed by atoms with Gasteiger partial charge in [-0.05, 0) is 38.5 Å². The third-order valence-corrected chi connectivity index (χ3v) is 4.58. The maximum absolute atomic E-state index is 11.0. The van der Waals surface area contributed by atoms with Crippen molar-refractivity contribution in [2.45, 2.75) is 27.2 Å². The number of carboxylic acid groups (broad SMARTS) is 1. The fourth-order valence-electron chi connectivity index (χ4n) is 2.28. The van der Waals surface area contributed by atoms with Crippen LogP contribution < -0.4 is 4.90 Å². The largest absolute Gasteiger partial charge is 0.477 e. The van der Waals surface area contributed by atoms with E-state index in [-0.39, 0.29) is 0 Å². The number of carbonyl (C=O) groups is 1. The Balaban J connectivity index is 2.07. The van der Waals surface area contributed by atoms with Crippen molar-refractivity contribution >= 4 is 23.0 Å². The zero-order valence-electron chi connectivity index (χ0n) is 12.6. The van der Waals surface area contributed by atoms with E-state index in [2.05, 4.69) is 48.0 Å². The van der Waals surface area contributed by atoms with Crippen LogP contribution >= 0.6 is 11.3 Å². The van der Waals surface area contributed by atoms with Gasteiger partial charge in [0.05, 0.1) is 10.7 Å². The molecule has 4 nitrogen and oxygen atoms in total. The van der Waals surface area contributed by atoms with Gasteiger partial charge in [0.25, 0.3) is 0 Å². The average molecular weight is 304 g/mol. The summed E-state index contributed by atoms with van der Waals surface area (Å²) in [5, 5.41) is 9.96. The summed E-state index contributed by atoms with van der Waals surface area (Å²) in [5.41, 5.74) is 3.05. The van der Waals surface area contributed by atoms with Crippen molar-refractivity contribution in [1.29, 1.82) is 0 Å². The number of aromatic nitrogens is 1. The number of aryl methyl sites for hydroxylation is 2. The summed E-state index contributed by atoms with van der Waals surface area (Å²) in [7, 11) is 0. The molecule has 21 heavy (non-hydrogen) atoms. The topological polar surface area (TPSA) is 53.4 Å². The second-order valence-corrected chi connectivity index (χ2v) is 6.08. The minimum absolute atomic E-state index is 0.351. The highest BCUT2D eigenvalue weighted by molar-refractivity contribution is 7.13. The molecule has 5 heteroatoms. The first-order valence-electron chi connectivity index (χ1n) is 7.02. The van der Waals surface area contributed by atoms with Crippen molar-refractivity contribution in [2.24, 2.45) is 0 Å². The molecule has 112 valence electrons. The molecule has 2 rings (SSSR count). The van der Waals surface area contributed by atoms with Crippen LogP contribution in [0.4, 0.5) is 5.69 Å². The third kappa shape index (κ3) is 3.82. The molecule has 0 bridgehead atoms. The highest BCUT2D eigenvalue weighted by Crippen LogP contribution is 2.20. The van der Waals surface area contributed by atoms with Gasteiger partial charge in [0.15, 0.2) is 0 Å². The molecule has 0 radical (unpaired) electrons. The predicted molar refractivity (Wildman–Crippen MR) is 86.6 cm³/mol. The van der Waals surface area contributed by atoms with Gasteiger partial charge in [-0.15, -0.1) is 11.3 Å². The van der Waals surface area contributed by atoms with Gasteiger partial charge in [-0.1, -0.05) is 12.1 Å². The zero-order chi connectivity index (χ0) is 15.4. The fourth-order valence-corrected chi connectivity index (χ4v) is 3.17. The van der Waals surface area contributed by atoms with Crippen LogP contribution in [0.5, 0.6) is 0 Å². The number of benzene rings is 1. The Bertz CT molecular complexity index is 637. The van der Waals surface area contributed by atoms with Crippen molar-refractivity contribution in [1.82, 2.24) is 4.98 Å². The summed E-state index contributed by atoms with van der Waals surface area (Å²) in [6.07, 6.45) is 0.764. The number of hydrogen-bond acceptors (Lipinski definition) is 4. The van der Waals surface area contributed by atoms with E-state index in [1.54, 1.807) is 6.92 Å². The van der Waals surface area contributed by atoms with Gasteiger partial charge in [0, 0.05) is 25.2 Å². The molecule has 0 amide bonds. The Morgan fingerprint density at radius 1 is 1.38 bits per heavy atom. The van der Waals surface area contributed by atoms with Crippen LogP contribution in [-0.4, -0.2) is 29.1 Å². The minimum atomic E-state index is -0.887. The second-order valence-electron chi connectivity index (χ2n) is 5.00. The number of anilines is 1. The zero-order valence-corrected chi connectivity index (χ0v) is 13.4. The van der Waals surface area contributed by atoms with Gasteiger partial charge in [0.2, 0.25) is 0 Å². The molecule has 0 fully saturated rings. The Hall–Kier alpha value is -1.88. The minimum Gasteiger partial charge on any atom is -0.477 e. The van der Waals surface area contributed by atoms with Crippen molar-refractivity contribution in [2.75, 3.05) is 18.0 Å². The number of nitrogens with zero attached hydrogens (tertiary/aromatic N) is 2. The normalized spacial score (nSPS) is 10.6. The molecule has 0 aliphatic carbocycles. The van der Waals surface area contributed by atoms with E-state index in [1.165, 1.54) is 22.6 Å². The average Bonchev–Trinajstić information content (AvgIpc) is 2.81. The maximum atomic E-state index is 11.0. The molecule has 0 aliphatic rings. The number of hydrogen-bond donors (Lipinski definition) is 1. The molecule has 1 N–H and O–H groups in total. The van der Waals surface area contributed by atoms with E-state index in [0.29, 0.717) is 10.6 Å². The molecule has 0 atom stereocenters. The van der Waals surface area contributed by atoms with Gasteiger partial charge in [-0.3, -0.25) is 0 Å². The number of likely N-dealkylation sites (N-methyl/N-ethyl adjacent to an activating group) is 1. The number of thiazole rings is 1. The molecule has 2 aromatic rings. The Kier molecular flexibility index (Phi) is 4.96. The van der Waals surface area contributed by atoms with E-state index in [4.69, 9.17) is 5.11 Å². The van der Waals surface area contributed by atoms with Gasteiger partial charge < -0.3 is 10.0 Å². The van der Waals surface area contributed by atoms with Gasteiger partial charge >= 0.3 is 5.97 Å². The van der Waals surface area contributed by atoms with Gasteiger partial charge in [0.1, 0.15) is 4.88 Å². The van der Waals surface area contributed by atoms with Crippen molar-refractivity contribution < 1.29 is 9.90 Å². The lowest BCUT2D eigenvalue weighted by Gasteiger charge is -2.23. The molecule has 0 unspecified atom stereocenters. The SMILES string of the molecule is CCN(CCc1nc(C)c(C(=O)O)s1)c1cccc(C)c1.